The maximum atomic E-state index is 14.0. The van der Waals surface area contributed by atoms with Crippen molar-refractivity contribution in [3.05, 3.63) is 0 Å². The first-order valence-electron chi connectivity index (χ1n) is 23.5. The lowest BCUT2D eigenvalue weighted by Gasteiger charge is -2.34. The van der Waals surface area contributed by atoms with E-state index in [4.69, 9.17) is 34.2 Å². The second-order valence-corrected chi connectivity index (χ2v) is 22.1. The number of carbonyl (C=O) groups excluding carboxylic acids is 6. The highest BCUT2D eigenvalue weighted by molar-refractivity contribution is 6.05. The predicted octanol–water partition coefficient (Wildman–Crippen LogP) is 9.90. The van der Waals surface area contributed by atoms with E-state index < -0.39 is 70.2 Å². The molecular formula is C47H87N9O12. The molecule has 0 rings (SSSR count). The number of hydrogen-bond donors (Lipinski definition) is 4. The van der Waals surface area contributed by atoms with Gasteiger partial charge in [0.1, 0.15) is 33.6 Å². The fraction of sp³-hybridized carbons (Fsp3) is 0.809. The molecule has 392 valence electrons. The number of rotatable bonds is 16. The van der Waals surface area contributed by atoms with Gasteiger partial charge in [0.2, 0.25) is 11.9 Å². The van der Waals surface area contributed by atoms with Gasteiger partial charge in [-0.3, -0.25) is 25.9 Å². The number of nitrogens with one attached hydrogen (secondary N) is 3. The third-order valence-electron chi connectivity index (χ3n) is 7.79. The van der Waals surface area contributed by atoms with E-state index in [1.165, 1.54) is 9.80 Å². The van der Waals surface area contributed by atoms with E-state index in [1.807, 2.05) is 0 Å². The molecule has 0 spiro atoms. The molecule has 0 aromatic carbocycles. The number of hydrogen-bond acceptors (Lipinski definition) is 14. The van der Waals surface area contributed by atoms with Gasteiger partial charge in [0.25, 0.3) is 0 Å². The molecule has 0 aromatic rings. The second kappa shape index (κ2) is 28.2. The molecular weight excluding hydrogens is 883 g/mol. The number of unbranched alkanes of at least 4 members (excludes halogenated alkanes) is 8. The number of nitrogens with two attached hydrogens (primary N) is 1. The lowest BCUT2D eigenvalue weighted by Crippen LogP contribution is -2.53. The minimum Gasteiger partial charge on any atom is -0.444 e. The summed E-state index contributed by atoms with van der Waals surface area (Å²) in [6, 6.07) is 0. The van der Waals surface area contributed by atoms with Crippen LogP contribution in [0.15, 0.2) is 15.0 Å². The third-order valence-corrected chi connectivity index (χ3v) is 7.79. The maximum Gasteiger partial charge on any atom is 0.437 e. The number of carbonyl (C=O) groups is 6. The number of amides is 6. The summed E-state index contributed by atoms with van der Waals surface area (Å²) in [7, 11) is 0. The third kappa shape index (κ3) is 34.9. The van der Waals surface area contributed by atoms with Gasteiger partial charge in [-0.2, -0.15) is 0 Å². The van der Waals surface area contributed by atoms with Crippen LogP contribution in [-0.2, 0) is 28.4 Å². The molecule has 0 fully saturated rings. The van der Waals surface area contributed by atoms with Crippen LogP contribution in [0.2, 0.25) is 0 Å². The van der Waals surface area contributed by atoms with Gasteiger partial charge >= 0.3 is 36.6 Å². The van der Waals surface area contributed by atoms with E-state index in [0.29, 0.717) is 57.9 Å². The Morgan fingerprint density at radius 3 is 1.07 bits per heavy atom. The van der Waals surface area contributed by atoms with Gasteiger partial charge in [0.05, 0.1) is 0 Å². The van der Waals surface area contributed by atoms with Crippen molar-refractivity contribution in [2.75, 3.05) is 26.2 Å². The molecule has 0 aromatic heterocycles. The Morgan fingerprint density at radius 1 is 0.412 bits per heavy atom. The monoisotopic (exact) mass is 970 g/mol. The summed E-state index contributed by atoms with van der Waals surface area (Å²) in [6.07, 6.45) is 1.34. The number of guanidine groups is 3. The first-order valence-corrected chi connectivity index (χ1v) is 23.5. The number of nitrogens with zero attached hydrogens (tertiary/aromatic N) is 5. The minimum atomic E-state index is -1.02. The molecule has 0 aliphatic carbocycles. The van der Waals surface area contributed by atoms with Crippen LogP contribution < -0.4 is 21.7 Å². The summed E-state index contributed by atoms with van der Waals surface area (Å²) in [6.45, 7) is 31.4. The largest absolute Gasteiger partial charge is 0.444 e. The van der Waals surface area contributed by atoms with Crippen molar-refractivity contribution in [1.82, 2.24) is 25.8 Å². The molecule has 0 unspecified atom stereocenters. The van der Waals surface area contributed by atoms with Crippen molar-refractivity contribution in [3.8, 4) is 0 Å². The highest BCUT2D eigenvalue weighted by Crippen LogP contribution is 2.20. The zero-order valence-electron chi connectivity index (χ0n) is 44.6. The zero-order chi connectivity index (χ0) is 52.7. The SMILES string of the molecule is CC(C)(C)OC(=O)N=C(N(CCCCCCCN=C(N)NC(=O)OC(C)(C)C)C(=O)OC(C)(C)C)N(CCCCCCCN=C(NC(=O)OC(C)(C)C)NC(=O)OC(C)(C)C)C(=O)OC(C)(C)C. The Bertz CT molecular complexity index is 1690. The number of alkyl carbamates (subject to hydrolysis) is 3. The van der Waals surface area contributed by atoms with Crippen LogP contribution in [0.25, 0.3) is 0 Å². The fourth-order valence-corrected chi connectivity index (χ4v) is 5.39. The average Bonchev–Trinajstić information content (AvgIpc) is 3.08. The van der Waals surface area contributed by atoms with Crippen LogP contribution >= 0.6 is 0 Å². The van der Waals surface area contributed by atoms with Gasteiger partial charge in [0, 0.05) is 26.2 Å². The first-order chi connectivity index (χ1) is 30.8. The molecule has 0 bridgehead atoms. The summed E-state index contributed by atoms with van der Waals surface area (Å²) in [4.78, 5) is 93.6. The van der Waals surface area contributed by atoms with Crippen molar-refractivity contribution < 1.29 is 57.2 Å². The van der Waals surface area contributed by atoms with E-state index in [1.54, 1.807) is 125 Å². The topological polar surface area (TPSA) is 263 Å². The molecule has 0 saturated heterocycles. The Hall–Kier alpha value is -5.37. The smallest absolute Gasteiger partial charge is 0.437 e. The molecule has 0 atom stereocenters. The van der Waals surface area contributed by atoms with Crippen molar-refractivity contribution in [2.45, 2.75) is 222 Å². The van der Waals surface area contributed by atoms with Crippen LogP contribution in [0.4, 0.5) is 28.8 Å². The number of aliphatic imine (C=N–C) groups is 3. The first kappa shape index (κ1) is 62.6. The number of ether oxygens (including phenoxy) is 6. The highest BCUT2D eigenvalue weighted by atomic mass is 16.6. The van der Waals surface area contributed by atoms with Crippen LogP contribution in [0.5, 0.6) is 0 Å². The zero-order valence-corrected chi connectivity index (χ0v) is 44.6. The van der Waals surface area contributed by atoms with Crippen LogP contribution in [0, 0.1) is 0 Å². The summed E-state index contributed by atoms with van der Waals surface area (Å²) in [5.74, 6) is -0.448. The van der Waals surface area contributed by atoms with Crippen LogP contribution in [0.3, 0.4) is 0 Å². The summed E-state index contributed by atoms with van der Waals surface area (Å²) in [5.41, 5.74) is 0.770. The van der Waals surface area contributed by atoms with Crippen molar-refractivity contribution >= 4 is 54.4 Å². The van der Waals surface area contributed by atoms with Gasteiger partial charge in [-0.15, -0.1) is 4.99 Å². The molecule has 6 amide bonds. The quantitative estimate of drug-likeness (QED) is 0.0486. The van der Waals surface area contributed by atoms with E-state index in [-0.39, 0.29) is 37.5 Å². The minimum absolute atomic E-state index is 0.0180. The summed E-state index contributed by atoms with van der Waals surface area (Å²) in [5, 5.41) is 7.34. The van der Waals surface area contributed by atoms with Gasteiger partial charge in [-0.25, -0.2) is 38.6 Å². The Balaban J connectivity index is 6.28. The molecule has 0 saturated carbocycles. The molecule has 0 radical (unpaired) electrons. The molecule has 5 N–H and O–H groups in total. The molecule has 68 heavy (non-hydrogen) atoms. The second-order valence-electron chi connectivity index (χ2n) is 22.1. The summed E-state index contributed by atoms with van der Waals surface area (Å²) < 4.78 is 33.0. The van der Waals surface area contributed by atoms with Gasteiger partial charge < -0.3 is 34.2 Å². The van der Waals surface area contributed by atoms with Gasteiger partial charge in [-0.1, -0.05) is 38.5 Å². The van der Waals surface area contributed by atoms with Crippen LogP contribution in [-0.4, -0.2) is 124 Å². The Labute approximate surface area is 405 Å². The average molecular weight is 970 g/mol. The van der Waals surface area contributed by atoms with E-state index in [2.05, 4.69) is 30.9 Å². The van der Waals surface area contributed by atoms with Crippen molar-refractivity contribution in [2.24, 2.45) is 20.7 Å². The van der Waals surface area contributed by atoms with Crippen LogP contribution in [0.1, 0.15) is 189 Å². The summed E-state index contributed by atoms with van der Waals surface area (Å²) >= 11 is 0. The molecule has 0 aliphatic heterocycles. The normalized spacial score (nSPS) is 12.8. The van der Waals surface area contributed by atoms with Crippen molar-refractivity contribution in [3.63, 3.8) is 0 Å². The highest BCUT2D eigenvalue weighted by Gasteiger charge is 2.35. The van der Waals surface area contributed by atoms with Gasteiger partial charge in [-0.05, 0) is 150 Å². The lowest BCUT2D eigenvalue weighted by molar-refractivity contribution is 0.0269. The standard InChI is InChI=1S/C47H87N9O12/c1-42(2,3)63-36(57)51-33(48)49-29-25-21-19-23-27-31-55(40(61)67-46(13,14)15)35(54-39(60)66-45(10,11)12)56(41(62)68-47(16,17)18)32-28-24-20-22-26-30-50-34(52-37(58)64-43(4,5)6)53-38(59)65-44(7,8)9/h19-32H2,1-18H3,(H3,48,49,51,57)(H2,50,52,53,58,59). The molecule has 0 heterocycles. The molecule has 21 heteroatoms. The van der Waals surface area contributed by atoms with Crippen molar-refractivity contribution in [1.29, 1.82) is 0 Å². The van der Waals surface area contributed by atoms with Gasteiger partial charge in [0.15, 0.2) is 5.96 Å². The fourth-order valence-electron chi connectivity index (χ4n) is 5.39. The Kier molecular flexibility index (Phi) is 26.0. The van der Waals surface area contributed by atoms with E-state index >= 15 is 0 Å². The molecule has 21 nitrogen and oxygen atoms in total. The Morgan fingerprint density at radius 2 is 0.721 bits per heavy atom. The van der Waals surface area contributed by atoms with E-state index in [9.17, 15) is 28.8 Å². The predicted molar refractivity (Wildman–Crippen MR) is 263 cm³/mol. The van der Waals surface area contributed by atoms with E-state index in [0.717, 1.165) is 12.8 Å². The lowest BCUT2D eigenvalue weighted by atomic mass is 10.1. The molecule has 0 aliphatic rings. The maximum absolute atomic E-state index is 14.0.